The van der Waals surface area contributed by atoms with E-state index in [-0.39, 0.29) is 11.5 Å². The molecule has 0 aromatic carbocycles. The minimum atomic E-state index is -0.118. The van der Waals surface area contributed by atoms with Crippen LogP contribution in [-0.2, 0) is 0 Å². The molecule has 5 aliphatic rings. The van der Waals surface area contributed by atoms with Gasteiger partial charge in [0.2, 0.25) is 0 Å². The van der Waals surface area contributed by atoms with Gasteiger partial charge >= 0.3 is 0 Å². The summed E-state index contributed by atoms with van der Waals surface area (Å²) in [5, 5.41) is 10.9. The summed E-state index contributed by atoms with van der Waals surface area (Å²) in [4.78, 5) is 0. The van der Waals surface area contributed by atoms with Gasteiger partial charge in [0.15, 0.2) is 0 Å². The van der Waals surface area contributed by atoms with Crippen LogP contribution in [0.2, 0.25) is 0 Å². The van der Waals surface area contributed by atoms with Crippen molar-refractivity contribution < 1.29 is 5.11 Å². The monoisotopic (exact) mass is 426 g/mol. The molecule has 31 heavy (non-hydrogen) atoms. The van der Waals surface area contributed by atoms with Gasteiger partial charge in [-0.25, -0.2) is 0 Å². The number of fused-ring (bicyclic) bond motifs is 7. The summed E-state index contributed by atoms with van der Waals surface area (Å²) in [6.45, 7) is 22.3. The molecule has 0 amide bonds. The molecular weight excluding hydrogens is 376 g/mol. The Morgan fingerprint density at radius 2 is 1.45 bits per heavy atom. The molecule has 1 heteroatoms. The number of aliphatic hydroxyl groups excluding tert-OH is 1. The fraction of sp³-hybridized carbons (Fsp3) is 0.933. The predicted octanol–water partition coefficient (Wildman–Crippen LogP) is 8.02. The second-order valence-electron chi connectivity index (χ2n) is 14.7. The van der Waals surface area contributed by atoms with Crippen LogP contribution in [0.3, 0.4) is 0 Å². The van der Waals surface area contributed by atoms with Gasteiger partial charge in [0.05, 0.1) is 6.10 Å². The van der Waals surface area contributed by atoms with Crippen LogP contribution in [-0.4, -0.2) is 11.2 Å². The van der Waals surface area contributed by atoms with Gasteiger partial charge in [-0.15, -0.1) is 0 Å². The zero-order valence-corrected chi connectivity index (χ0v) is 21.7. The third kappa shape index (κ3) is 2.65. The molecule has 10 unspecified atom stereocenters. The Labute approximate surface area is 192 Å². The highest BCUT2D eigenvalue weighted by atomic mass is 16.3. The van der Waals surface area contributed by atoms with E-state index >= 15 is 0 Å². The lowest BCUT2D eigenvalue weighted by Crippen LogP contribution is -2.66. The third-order valence-corrected chi connectivity index (χ3v) is 13.5. The normalized spacial score (nSPS) is 57.9. The van der Waals surface area contributed by atoms with E-state index in [0.717, 1.165) is 30.1 Å². The maximum absolute atomic E-state index is 10.9. The minimum Gasteiger partial charge on any atom is -0.393 e. The van der Waals surface area contributed by atoms with Crippen molar-refractivity contribution in [3.8, 4) is 0 Å². The molecule has 5 saturated carbocycles. The number of allylic oxidation sites excluding steroid dienone is 1. The van der Waals surface area contributed by atoms with Crippen LogP contribution in [0.4, 0.5) is 0 Å². The molecule has 0 saturated heterocycles. The minimum absolute atomic E-state index is 0.0632. The van der Waals surface area contributed by atoms with Crippen molar-refractivity contribution in [1.29, 1.82) is 0 Å². The van der Waals surface area contributed by atoms with Gasteiger partial charge in [0, 0.05) is 0 Å². The molecule has 5 fully saturated rings. The van der Waals surface area contributed by atoms with Crippen molar-refractivity contribution in [2.45, 2.75) is 119 Å². The van der Waals surface area contributed by atoms with E-state index in [1.165, 1.54) is 63.4 Å². The first-order chi connectivity index (χ1) is 14.3. The van der Waals surface area contributed by atoms with E-state index < -0.39 is 0 Å². The molecule has 0 aliphatic heterocycles. The highest BCUT2D eigenvalue weighted by molar-refractivity contribution is 5.21. The van der Waals surface area contributed by atoms with Gasteiger partial charge in [0.1, 0.15) is 0 Å². The van der Waals surface area contributed by atoms with E-state index in [0.29, 0.717) is 27.6 Å². The molecule has 176 valence electrons. The van der Waals surface area contributed by atoms with Gasteiger partial charge in [-0.05, 0) is 128 Å². The Balaban J connectivity index is 1.54. The SMILES string of the molecule is C=C(C)C1CCC2(C)CCC3(C)C(CCC4C5(C)CCC(O)C(C)(C)C5CCC43C)C12. The molecule has 5 rings (SSSR count). The molecule has 5 aliphatic carbocycles. The molecule has 0 heterocycles. The van der Waals surface area contributed by atoms with Crippen LogP contribution in [0.1, 0.15) is 113 Å². The fourth-order valence-corrected chi connectivity index (χ4v) is 11.5. The molecule has 1 nitrogen and oxygen atoms in total. The third-order valence-electron chi connectivity index (χ3n) is 13.5. The van der Waals surface area contributed by atoms with Crippen LogP contribution in [0, 0.1) is 56.7 Å². The highest BCUT2D eigenvalue weighted by Gasteiger charge is 2.70. The lowest BCUT2D eigenvalue weighted by Gasteiger charge is -2.73. The number of hydrogen-bond donors (Lipinski definition) is 1. The molecule has 0 aromatic rings. The Morgan fingerprint density at radius 3 is 2.13 bits per heavy atom. The molecule has 0 bridgehead atoms. The van der Waals surface area contributed by atoms with Crippen molar-refractivity contribution in [3.63, 3.8) is 0 Å². The fourth-order valence-electron chi connectivity index (χ4n) is 11.5. The van der Waals surface area contributed by atoms with Crippen LogP contribution < -0.4 is 0 Å². The van der Waals surface area contributed by atoms with Crippen LogP contribution in [0.25, 0.3) is 0 Å². The smallest absolute Gasteiger partial charge is 0.0594 e. The summed E-state index contributed by atoms with van der Waals surface area (Å²) in [6, 6.07) is 0. The van der Waals surface area contributed by atoms with E-state index in [1.807, 2.05) is 0 Å². The maximum atomic E-state index is 10.9. The van der Waals surface area contributed by atoms with Crippen LogP contribution in [0.5, 0.6) is 0 Å². The number of rotatable bonds is 1. The Morgan fingerprint density at radius 1 is 0.742 bits per heavy atom. The maximum Gasteiger partial charge on any atom is 0.0594 e. The summed E-state index contributed by atoms with van der Waals surface area (Å²) < 4.78 is 0. The predicted molar refractivity (Wildman–Crippen MR) is 131 cm³/mol. The van der Waals surface area contributed by atoms with Gasteiger partial charge in [-0.3, -0.25) is 0 Å². The first-order valence-corrected chi connectivity index (χ1v) is 13.6. The topological polar surface area (TPSA) is 20.2 Å². The quantitative estimate of drug-likeness (QED) is 0.421. The second kappa shape index (κ2) is 6.64. The van der Waals surface area contributed by atoms with Gasteiger partial charge in [-0.2, -0.15) is 0 Å². The van der Waals surface area contributed by atoms with Crippen molar-refractivity contribution >= 4 is 0 Å². The standard InChI is InChI=1S/C30H50O/c1-19(2)20-11-14-27(5)17-18-29(7)21(25(20)27)9-10-23-28(6)15-13-24(31)26(3,4)22(28)12-16-30(23,29)8/h20-25,31H,1,9-18H2,2-8H3. The highest BCUT2D eigenvalue weighted by Crippen LogP contribution is 2.77. The largest absolute Gasteiger partial charge is 0.393 e. The summed E-state index contributed by atoms with van der Waals surface area (Å²) in [6.07, 6.45) is 13.4. The van der Waals surface area contributed by atoms with E-state index in [9.17, 15) is 5.11 Å². The summed E-state index contributed by atoms with van der Waals surface area (Å²) in [5.41, 5.74) is 3.38. The average molecular weight is 427 g/mol. The van der Waals surface area contributed by atoms with E-state index in [2.05, 4.69) is 55.0 Å². The van der Waals surface area contributed by atoms with Crippen molar-refractivity contribution in [3.05, 3.63) is 12.2 Å². The van der Waals surface area contributed by atoms with Gasteiger partial charge in [0.25, 0.3) is 0 Å². The van der Waals surface area contributed by atoms with Crippen molar-refractivity contribution in [2.75, 3.05) is 0 Å². The van der Waals surface area contributed by atoms with Crippen LogP contribution >= 0.6 is 0 Å². The van der Waals surface area contributed by atoms with Gasteiger partial charge in [-0.1, -0.05) is 53.7 Å². The first kappa shape index (κ1) is 22.5. The Kier molecular flexibility index (Phi) is 4.82. The zero-order valence-electron chi connectivity index (χ0n) is 21.7. The summed E-state index contributed by atoms with van der Waals surface area (Å²) in [7, 11) is 0. The first-order valence-electron chi connectivity index (χ1n) is 13.6. The number of hydrogen-bond acceptors (Lipinski definition) is 1. The summed E-state index contributed by atoms with van der Waals surface area (Å²) in [5.74, 6) is 3.98. The van der Waals surface area contributed by atoms with E-state index in [4.69, 9.17) is 0 Å². The molecule has 0 spiro atoms. The van der Waals surface area contributed by atoms with Gasteiger partial charge < -0.3 is 5.11 Å². The molecular formula is C30H50O. The average Bonchev–Trinajstić information content (AvgIpc) is 3.04. The molecule has 1 N–H and O–H groups in total. The Hall–Kier alpha value is -0.300. The zero-order chi connectivity index (χ0) is 22.6. The lowest BCUT2D eigenvalue weighted by atomic mass is 9.32. The van der Waals surface area contributed by atoms with Crippen molar-refractivity contribution in [1.82, 2.24) is 0 Å². The Bertz CT molecular complexity index is 766. The molecule has 0 radical (unpaired) electrons. The van der Waals surface area contributed by atoms with E-state index in [1.54, 1.807) is 0 Å². The number of aliphatic hydroxyl groups is 1. The second-order valence-corrected chi connectivity index (χ2v) is 14.7. The van der Waals surface area contributed by atoms with Crippen LogP contribution in [0.15, 0.2) is 12.2 Å². The van der Waals surface area contributed by atoms with Crippen molar-refractivity contribution in [2.24, 2.45) is 56.7 Å². The summed E-state index contributed by atoms with van der Waals surface area (Å²) >= 11 is 0. The lowest BCUT2D eigenvalue weighted by molar-refractivity contribution is -0.246. The molecule has 10 atom stereocenters. The molecule has 0 aromatic heterocycles.